The monoisotopic (exact) mass is 393 g/mol. The van der Waals surface area contributed by atoms with E-state index in [-0.39, 0.29) is 36.6 Å². The van der Waals surface area contributed by atoms with Crippen LogP contribution < -0.4 is 15.4 Å². The number of guanidine groups is 1. The van der Waals surface area contributed by atoms with Crippen LogP contribution in [0.4, 0.5) is 4.39 Å². The van der Waals surface area contributed by atoms with Gasteiger partial charge in [0.25, 0.3) is 0 Å². The van der Waals surface area contributed by atoms with Gasteiger partial charge in [-0.3, -0.25) is 4.99 Å². The molecule has 0 aliphatic carbocycles. The fraction of sp³-hybridized carbons (Fsp3) is 0.462. The van der Waals surface area contributed by atoms with Crippen molar-refractivity contribution in [2.24, 2.45) is 4.99 Å². The molecular formula is C13H17FIN3O2. The van der Waals surface area contributed by atoms with Crippen LogP contribution in [-0.2, 0) is 17.9 Å². The molecule has 2 aliphatic heterocycles. The Balaban J connectivity index is 0.00000147. The van der Waals surface area contributed by atoms with Crippen molar-refractivity contribution in [1.29, 1.82) is 0 Å². The molecule has 0 spiro atoms. The highest BCUT2D eigenvalue weighted by Gasteiger charge is 2.18. The van der Waals surface area contributed by atoms with Crippen LogP contribution in [0.3, 0.4) is 0 Å². The number of hydrogen-bond donors (Lipinski definition) is 2. The van der Waals surface area contributed by atoms with Gasteiger partial charge in [-0.15, -0.1) is 24.0 Å². The molecule has 0 bridgehead atoms. The molecular weight excluding hydrogens is 376 g/mol. The minimum absolute atomic E-state index is 0. The van der Waals surface area contributed by atoms with E-state index in [0.717, 1.165) is 23.6 Å². The predicted molar refractivity (Wildman–Crippen MR) is 83.8 cm³/mol. The molecule has 0 fully saturated rings. The van der Waals surface area contributed by atoms with E-state index < -0.39 is 0 Å². The lowest BCUT2D eigenvalue weighted by Gasteiger charge is -2.21. The Hall–Kier alpha value is -1.09. The van der Waals surface area contributed by atoms with Crippen molar-refractivity contribution in [3.63, 3.8) is 0 Å². The van der Waals surface area contributed by atoms with Crippen LogP contribution >= 0.6 is 24.0 Å². The molecule has 0 radical (unpaired) electrons. The Morgan fingerprint density at radius 3 is 3.10 bits per heavy atom. The Bertz CT molecular complexity index is 525. The Morgan fingerprint density at radius 1 is 1.50 bits per heavy atom. The lowest BCUT2D eigenvalue weighted by Crippen LogP contribution is -2.37. The van der Waals surface area contributed by atoms with Gasteiger partial charge in [-0.25, -0.2) is 4.39 Å². The van der Waals surface area contributed by atoms with Gasteiger partial charge in [0.15, 0.2) is 12.8 Å². The second-order valence-corrected chi connectivity index (χ2v) is 4.75. The van der Waals surface area contributed by atoms with Crippen LogP contribution in [0.25, 0.3) is 0 Å². The molecule has 1 atom stereocenters. The van der Waals surface area contributed by atoms with Gasteiger partial charge in [-0.2, -0.15) is 0 Å². The summed E-state index contributed by atoms with van der Waals surface area (Å²) in [5.41, 5.74) is 1.53. The van der Waals surface area contributed by atoms with Crippen LogP contribution in [0.5, 0.6) is 5.75 Å². The van der Waals surface area contributed by atoms with Crippen LogP contribution in [0.1, 0.15) is 18.1 Å². The molecule has 110 valence electrons. The van der Waals surface area contributed by atoms with E-state index in [1.807, 2.05) is 0 Å². The maximum absolute atomic E-state index is 13.5. The number of nitrogens with zero attached hydrogens (tertiary/aromatic N) is 1. The standard InChI is InChI=1S/C13H16FN3O2.HI/c1-8-4-15-13(17-8)16-5-9-2-11(14)3-10-6-18-7-19-12(9)10;/h2-3,8H,4-7H2,1H3,(H2,15,16,17);1H. The van der Waals surface area contributed by atoms with Gasteiger partial charge in [0.2, 0.25) is 0 Å². The molecule has 0 amide bonds. The van der Waals surface area contributed by atoms with Crippen molar-refractivity contribution in [2.45, 2.75) is 26.1 Å². The zero-order valence-electron chi connectivity index (χ0n) is 11.1. The normalized spacial score (nSPS) is 20.1. The third-order valence-electron chi connectivity index (χ3n) is 3.10. The molecule has 1 aromatic carbocycles. The summed E-state index contributed by atoms with van der Waals surface area (Å²) in [5.74, 6) is 1.18. The Labute approximate surface area is 134 Å². The molecule has 2 aliphatic rings. The van der Waals surface area contributed by atoms with E-state index in [2.05, 4.69) is 22.5 Å². The van der Waals surface area contributed by atoms with Crippen molar-refractivity contribution in [1.82, 2.24) is 10.6 Å². The van der Waals surface area contributed by atoms with Gasteiger partial charge in [-0.05, 0) is 19.1 Å². The molecule has 0 saturated heterocycles. The predicted octanol–water partition coefficient (Wildman–Crippen LogP) is 1.75. The van der Waals surface area contributed by atoms with E-state index in [1.54, 1.807) is 0 Å². The largest absolute Gasteiger partial charge is 0.467 e. The Kier molecular flexibility index (Phi) is 5.03. The first-order chi connectivity index (χ1) is 9.22. The van der Waals surface area contributed by atoms with Crippen molar-refractivity contribution in [3.8, 4) is 5.75 Å². The van der Waals surface area contributed by atoms with Crippen LogP contribution in [0, 0.1) is 5.82 Å². The van der Waals surface area contributed by atoms with Crippen molar-refractivity contribution in [3.05, 3.63) is 29.1 Å². The summed E-state index contributed by atoms with van der Waals surface area (Å²) in [6.45, 7) is 3.88. The summed E-state index contributed by atoms with van der Waals surface area (Å²) in [5, 5.41) is 6.36. The first-order valence-electron chi connectivity index (χ1n) is 6.29. The van der Waals surface area contributed by atoms with Crippen LogP contribution in [0.15, 0.2) is 17.1 Å². The van der Waals surface area contributed by atoms with Gasteiger partial charge in [0, 0.05) is 23.7 Å². The fourth-order valence-corrected chi connectivity index (χ4v) is 2.23. The summed E-state index contributed by atoms with van der Waals surface area (Å²) in [4.78, 5) is 4.30. The quantitative estimate of drug-likeness (QED) is 0.752. The third-order valence-corrected chi connectivity index (χ3v) is 3.10. The highest BCUT2D eigenvalue weighted by atomic mass is 127. The number of ether oxygens (including phenoxy) is 2. The van der Waals surface area contributed by atoms with E-state index in [0.29, 0.717) is 24.9 Å². The number of aliphatic imine (C=N–C) groups is 1. The van der Waals surface area contributed by atoms with E-state index in [1.165, 1.54) is 12.1 Å². The van der Waals surface area contributed by atoms with Crippen LogP contribution in [0.2, 0.25) is 0 Å². The SMILES string of the molecule is CC1CN=C(NCc2cc(F)cc3c2OCOC3)N1.I. The van der Waals surface area contributed by atoms with Gasteiger partial charge in [-0.1, -0.05) is 0 Å². The van der Waals surface area contributed by atoms with Crippen molar-refractivity contribution < 1.29 is 13.9 Å². The number of rotatable bonds is 2. The Morgan fingerprint density at radius 2 is 2.35 bits per heavy atom. The smallest absolute Gasteiger partial charge is 0.191 e. The molecule has 2 N–H and O–H groups in total. The summed E-state index contributed by atoms with van der Waals surface area (Å²) >= 11 is 0. The second kappa shape index (κ2) is 6.57. The van der Waals surface area contributed by atoms with Gasteiger partial charge in [0.05, 0.1) is 13.2 Å². The third kappa shape index (κ3) is 3.32. The molecule has 1 aromatic rings. The lowest BCUT2D eigenvalue weighted by atomic mass is 10.1. The average molecular weight is 393 g/mol. The summed E-state index contributed by atoms with van der Waals surface area (Å²) in [6.07, 6.45) is 0. The second-order valence-electron chi connectivity index (χ2n) is 4.75. The number of hydrogen-bond acceptors (Lipinski definition) is 5. The molecule has 0 saturated carbocycles. The number of benzene rings is 1. The highest BCUT2D eigenvalue weighted by Crippen LogP contribution is 2.29. The fourth-order valence-electron chi connectivity index (χ4n) is 2.23. The van der Waals surface area contributed by atoms with Crippen molar-refractivity contribution in [2.75, 3.05) is 13.3 Å². The van der Waals surface area contributed by atoms with Gasteiger partial charge in [0.1, 0.15) is 11.6 Å². The number of nitrogens with one attached hydrogen (secondary N) is 2. The molecule has 1 unspecified atom stereocenters. The highest BCUT2D eigenvalue weighted by molar-refractivity contribution is 14.0. The first-order valence-corrected chi connectivity index (χ1v) is 6.29. The maximum atomic E-state index is 13.5. The van der Waals surface area contributed by atoms with Crippen LogP contribution in [-0.4, -0.2) is 25.3 Å². The molecule has 2 heterocycles. The molecule has 5 nitrogen and oxygen atoms in total. The van der Waals surface area contributed by atoms with Crippen molar-refractivity contribution >= 4 is 29.9 Å². The topological polar surface area (TPSA) is 54.9 Å². The molecule has 20 heavy (non-hydrogen) atoms. The summed E-state index contributed by atoms with van der Waals surface area (Å²) in [6, 6.07) is 3.27. The lowest BCUT2D eigenvalue weighted by molar-refractivity contribution is -0.0172. The van der Waals surface area contributed by atoms with Gasteiger partial charge >= 0.3 is 0 Å². The zero-order valence-corrected chi connectivity index (χ0v) is 13.4. The number of fused-ring (bicyclic) bond motifs is 1. The maximum Gasteiger partial charge on any atom is 0.191 e. The van der Waals surface area contributed by atoms with Gasteiger partial charge < -0.3 is 20.1 Å². The van der Waals surface area contributed by atoms with E-state index in [9.17, 15) is 4.39 Å². The van der Waals surface area contributed by atoms with E-state index >= 15 is 0 Å². The average Bonchev–Trinajstić information content (AvgIpc) is 2.81. The molecule has 0 aromatic heterocycles. The minimum atomic E-state index is -0.278. The number of halogens is 2. The molecule has 7 heteroatoms. The first kappa shape index (κ1) is 15.3. The zero-order chi connectivity index (χ0) is 13.2. The molecule has 3 rings (SSSR count). The summed E-state index contributed by atoms with van der Waals surface area (Å²) in [7, 11) is 0. The minimum Gasteiger partial charge on any atom is -0.467 e. The van der Waals surface area contributed by atoms with E-state index in [4.69, 9.17) is 9.47 Å². The summed E-state index contributed by atoms with van der Waals surface area (Å²) < 4.78 is 24.1.